The summed E-state index contributed by atoms with van der Waals surface area (Å²) in [6.07, 6.45) is 9.15. The molecule has 0 atom stereocenters. The van der Waals surface area contributed by atoms with Gasteiger partial charge in [0.2, 0.25) is 0 Å². The van der Waals surface area contributed by atoms with Crippen molar-refractivity contribution in [3.05, 3.63) is 0 Å². The van der Waals surface area contributed by atoms with Gasteiger partial charge in [0.05, 0.1) is 0 Å². The van der Waals surface area contributed by atoms with Crippen LogP contribution in [0.3, 0.4) is 0 Å². The molecule has 2 saturated carbocycles. The minimum absolute atomic E-state index is 0.875. The molecule has 0 N–H and O–H groups in total. The van der Waals surface area contributed by atoms with Crippen molar-refractivity contribution in [2.45, 2.75) is 38.5 Å². The molecule has 1 heteroatoms. The first-order chi connectivity index (χ1) is 5.86. The van der Waals surface area contributed by atoms with Crippen LogP contribution in [-0.2, 0) is 0 Å². The van der Waals surface area contributed by atoms with Crippen molar-refractivity contribution in [3.8, 4) is 0 Å². The lowest BCUT2D eigenvalue weighted by molar-refractivity contribution is 0.167. The Labute approximate surface area is 75.1 Å². The maximum Gasteiger partial charge on any atom is 0.000967 e. The van der Waals surface area contributed by atoms with E-state index < -0.39 is 0 Å². The van der Waals surface area contributed by atoms with E-state index in [0.29, 0.717) is 0 Å². The van der Waals surface area contributed by atoms with Gasteiger partial charge in [0.15, 0.2) is 0 Å². The number of hydrogen-bond acceptors (Lipinski definition) is 1. The quantitative estimate of drug-likeness (QED) is 0.606. The van der Waals surface area contributed by atoms with E-state index in [2.05, 4.69) is 4.90 Å². The van der Waals surface area contributed by atoms with E-state index in [-0.39, 0.29) is 0 Å². The molecule has 0 aromatic rings. The van der Waals surface area contributed by atoms with Crippen LogP contribution in [0.2, 0.25) is 0 Å². The third-order valence-electron chi connectivity index (χ3n) is 4.09. The fourth-order valence-electron chi connectivity index (χ4n) is 2.55. The van der Waals surface area contributed by atoms with E-state index in [1.165, 1.54) is 45.3 Å². The Balaban J connectivity index is 1.49. The van der Waals surface area contributed by atoms with Crippen LogP contribution in [0.25, 0.3) is 0 Å². The zero-order valence-electron chi connectivity index (χ0n) is 7.89. The van der Waals surface area contributed by atoms with Gasteiger partial charge >= 0.3 is 0 Å². The van der Waals surface area contributed by atoms with E-state index in [0.717, 1.165) is 11.3 Å². The summed E-state index contributed by atoms with van der Waals surface area (Å²) in [6.45, 7) is 4.25. The topological polar surface area (TPSA) is 3.24 Å². The van der Waals surface area contributed by atoms with Crippen molar-refractivity contribution in [1.82, 2.24) is 4.90 Å². The lowest BCUT2D eigenvalue weighted by atomic mass is 9.93. The van der Waals surface area contributed by atoms with Crippen LogP contribution < -0.4 is 0 Å². The van der Waals surface area contributed by atoms with Gasteiger partial charge in [-0.3, -0.25) is 0 Å². The van der Waals surface area contributed by atoms with Crippen LogP contribution in [0.1, 0.15) is 38.5 Å². The highest BCUT2D eigenvalue weighted by Crippen LogP contribution is 2.53. The highest BCUT2D eigenvalue weighted by Gasteiger charge is 2.44. The van der Waals surface area contributed by atoms with Gasteiger partial charge in [0.1, 0.15) is 0 Å². The molecule has 0 unspecified atom stereocenters. The number of rotatable bonds is 2. The lowest BCUT2D eigenvalue weighted by Gasteiger charge is -2.31. The molecule has 0 radical (unpaired) electrons. The molecule has 0 aromatic heterocycles. The summed E-state index contributed by atoms with van der Waals surface area (Å²) in [6, 6.07) is 0. The third-order valence-corrected chi connectivity index (χ3v) is 4.09. The molecule has 3 aliphatic rings. The van der Waals surface area contributed by atoms with Crippen LogP contribution in [-0.4, -0.2) is 24.5 Å². The fraction of sp³-hybridized carbons (Fsp3) is 1.00. The molecular formula is C11H19N. The largest absolute Gasteiger partial charge is 0.303 e. The summed E-state index contributed by atoms with van der Waals surface area (Å²) >= 11 is 0. The van der Waals surface area contributed by atoms with Gasteiger partial charge in [-0.25, -0.2) is 0 Å². The SMILES string of the molecule is C1CC1CN1CCC2(CC1)CC2. The van der Waals surface area contributed by atoms with Crippen molar-refractivity contribution in [2.75, 3.05) is 19.6 Å². The number of piperidine rings is 1. The maximum atomic E-state index is 2.71. The zero-order valence-corrected chi connectivity index (χ0v) is 7.89. The number of hydrogen-bond donors (Lipinski definition) is 0. The second kappa shape index (κ2) is 2.47. The van der Waals surface area contributed by atoms with Crippen molar-refractivity contribution in [1.29, 1.82) is 0 Å². The summed E-state index contributed by atoms with van der Waals surface area (Å²) < 4.78 is 0. The first kappa shape index (κ1) is 7.37. The fourth-order valence-corrected chi connectivity index (χ4v) is 2.55. The molecule has 68 valence electrons. The van der Waals surface area contributed by atoms with Crippen molar-refractivity contribution in [2.24, 2.45) is 11.3 Å². The second-order valence-electron chi connectivity index (χ2n) is 5.24. The molecule has 1 saturated heterocycles. The van der Waals surface area contributed by atoms with E-state index in [4.69, 9.17) is 0 Å². The number of likely N-dealkylation sites (tertiary alicyclic amines) is 1. The Morgan fingerprint density at radius 1 is 1.00 bits per heavy atom. The normalized spacial score (nSPS) is 34.0. The van der Waals surface area contributed by atoms with Gasteiger partial charge in [-0.2, -0.15) is 0 Å². The molecule has 0 amide bonds. The summed E-state index contributed by atoms with van der Waals surface area (Å²) in [4.78, 5) is 2.71. The second-order valence-corrected chi connectivity index (χ2v) is 5.24. The minimum atomic E-state index is 0.875. The summed E-state index contributed by atoms with van der Waals surface area (Å²) in [5.41, 5.74) is 0.875. The molecule has 3 rings (SSSR count). The maximum absolute atomic E-state index is 2.71. The van der Waals surface area contributed by atoms with Crippen molar-refractivity contribution >= 4 is 0 Å². The van der Waals surface area contributed by atoms with E-state index in [9.17, 15) is 0 Å². The average Bonchev–Trinajstić information content (AvgIpc) is 2.92. The third kappa shape index (κ3) is 1.39. The smallest absolute Gasteiger partial charge is 0.000967 e. The molecule has 1 spiro atoms. The summed E-state index contributed by atoms with van der Waals surface area (Å²) in [5, 5.41) is 0. The van der Waals surface area contributed by atoms with Gasteiger partial charge < -0.3 is 4.90 Å². The highest BCUT2D eigenvalue weighted by atomic mass is 15.1. The number of nitrogens with zero attached hydrogens (tertiary/aromatic N) is 1. The predicted molar refractivity (Wildman–Crippen MR) is 50.1 cm³/mol. The Morgan fingerprint density at radius 3 is 2.17 bits per heavy atom. The standard InChI is InChI=1S/C11H19N/c1-2-10(1)9-12-7-5-11(3-4-11)6-8-12/h10H,1-9H2. The Kier molecular flexibility index (Phi) is 1.52. The van der Waals surface area contributed by atoms with Crippen LogP contribution in [0.5, 0.6) is 0 Å². The van der Waals surface area contributed by atoms with Crippen LogP contribution in [0, 0.1) is 11.3 Å². The molecule has 1 nitrogen and oxygen atoms in total. The molecule has 0 aromatic carbocycles. The van der Waals surface area contributed by atoms with E-state index in [1.54, 1.807) is 12.8 Å². The van der Waals surface area contributed by atoms with Crippen LogP contribution >= 0.6 is 0 Å². The zero-order chi connectivity index (χ0) is 8.02. The Morgan fingerprint density at radius 2 is 1.67 bits per heavy atom. The lowest BCUT2D eigenvalue weighted by Crippen LogP contribution is -2.35. The highest BCUT2D eigenvalue weighted by molar-refractivity contribution is 4.97. The molecule has 1 aliphatic heterocycles. The Bertz CT molecular complexity index is 169. The van der Waals surface area contributed by atoms with Gasteiger partial charge in [0, 0.05) is 6.54 Å². The van der Waals surface area contributed by atoms with Crippen molar-refractivity contribution in [3.63, 3.8) is 0 Å². The first-order valence-electron chi connectivity index (χ1n) is 5.59. The molecule has 12 heavy (non-hydrogen) atoms. The molecule has 0 bridgehead atoms. The molecule has 1 heterocycles. The van der Waals surface area contributed by atoms with Gasteiger partial charge in [-0.1, -0.05) is 0 Å². The average molecular weight is 165 g/mol. The van der Waals surface area contributed by atoms with Crippen LogP contribution in [0.4, 0.5) is 0 Å². The minimum Gasteiger partial charge on any atom is -0.303 e. The molecule has 3 fully saturated rings. The Hall–Kier alpha value is -0.0400. The monoisotopic (exact) mass is 165 g/mol. The molecule has 2 aliphatic carbocycles. The van der Waals surface area contributed by atoms with Gasteiger partial charge in [0.25, 0.3) is 0 Å². The van der Waals surface area contributed by atoms with E-state index >= 15 is 0 Å². The van der Waals surface area contributed by atoms with Gasteiger partial charge in [-0.15, -0.1) is 0 Å². The van der Waals surface area contributed by atoms with Crippen molar-refractivity contribution < 1.29 is 0 Å². The summed E-state index contributed by atoms with van der Waals surface area (Å²) in [5.74, 6) is 1.10. The summed E-state index contributed by atoms with van der Waals surface area (Å²) in [7, 11) is 0. The first-order valence-corrected chi connectivity index (χ1v) is 5.59. The predicted octanol–water partition coefficient (Wildman–Crippen LogP) is 2.27. The van der Waals surface area contributed by atoms with E-state index in [1.807, 2.05) is 0 Å². The van der Waals surface area contributed by atoms with Gasteiger partial charge in [-0.05, 0) is 62.9 Å². The van der Waals surface area contributed by atoms with Crippen LogP contribution in [0.15, 0.2) is 0 Å². The molecular weight excluding hydrogens is 146 g/mol.